The maximum Gasteiger partial charge on any atom is 0.256 e. The van der Waals surface area contributed by atoms with Crippen molar-refractivity contribution in [3.63, 3.8) is 0 Å². The summed E-state index contributed by atoms with van der Waals surface area (Å²) >= 11 is 0. The molecule has 1 amide bonds. The van der Waals surface area contributed by atoms with Crippen molar-refractivity contribution >= 4 is 18.3 Å². The minimum Gasteiger partial charge on any atom is -0.303 e. The Morgan fingerprint density at radius 3 is 2.73 bits per heavy atom. The summed E-state index contributed by atoms with van der Waals surface area (Å²) in [4.78, 5) is 32.7. The lowest BCUT2D eigenvalue weighted by atomic mass is 10.2. The van der Waals surface area contributed by atoms with Gasteiger partial charge in [-0.3, -0.25) is 4.79 Å². The summed E-state index contributed by atoms with van der Waals surface area (Å²) in [6, 6.07) is 0. The van der Waals surface area contributed by atoms with Crippen molar-refractivity contribution in [1.82, 2.24) is 0 Å². The fourth-order valence-corrected chi connectivity index (χ4v) is 0.611. The predicted octanol–water partition coefficient (Wildman–Crippen LogP) is 0.608. The zero-order valence-electron chi connectivity index (χ0n) is 6.08. The Kier molecular flexibility index (Phi) is 6.04. The SMILES string of the molecule is O=C=NC(=O)CCCCC=O. The maximum atomic E-state index is 10.5. The van der Waals surface area contributed by atoms with Crippen LogP contribution in [0, 0.1) is 0 Å². The van der Waals surface area contributed by atoms with Gasteiger partial charge in [0, 0.05) is 12.8 Å². The van der Waals surface area contributed by atoms with Crippen molar-refractivity contribution in [1.29, 1.82) is 0 Å². The second-order valence-electron chi connectivity index (χ2n) is 2.01. The van der Waals surface area contributed by atoms with Crippen LogP contribution in [0.2, 0.25) is 0 Å². The molecule has 0 aromatic rings. The van der Waals surface area contributed by atoms with Crippen molar-refractivity contribution < 1.29 is 14.4 Å². The second kappa shape index (κ2) is 6.83. The smallest absolute Gasteiger partial charge is 0.256 e. The lowest BCUT2D eigenvalue weighted by Crippen LogP contribution is -1.92. The molecule has 0 rings (SSSR count). The lowest BCUT2D eigenvalue weighted by Gasteiger charge is -1.89. The van der Waals surface area contributed by atoms with Crippen LogP contribution in [-0.2, 0) is 14.4 Å². The number of aliphatic imine (C=N–C) groups is 1. The van der Waals surface area contributed by atoms with Gasteiger partial charge in [-0.05, 0) is 12.8 Å². The highest BCUT2D eigenvalue weighted by atomic mass is 16.2. The molecule has 0 N–H and O–H groups in total. The minimum absolute atomic E-state index is 0.225. The summed E-state index contributed by atoms with van der Waals surface area (Å²) in [5, 5.41) is 0. The molecule has 0 unspecified atom stereocenters. The van der Waals surface area contributed by atoms with Gasteiger partial charge in [0.05, 0.1) is 0 Å². The van der Waals surface area contributed by atoms with Crippen LogP contribution in [0.5, 0.6) is 0 Å². The molecule has 0 saturated heterocycles. The van der Waals surface area contributed by atoms with E-state index < -0.39 is 5.91 Å². The fraction of sp³-hybridized carbons (Fsp3) is 0.571. The Balaban J connectivity index is 3.31. The number of nitrogens with zero attached hydrogens (tertiary/aromatic N) is 1. The predicted molar refractivity (Wildman–Crippen MR) is 37.7 cm³/mol. The van der Waals surface area contributed by atoms with E-state index >= 15 is 0 Å². The Morgan fingerprint density at radius 1 is 1.45 bits per heavy atom. The molecule has 0 aromatic heterocycles. The highest BCUT2D eigenvalue weighted by Gasteiger charge is 1.96. The van der Waals surface area contributed by atoms with Crippen LogP contribution in [0.1, 0.15) is 25.7 Å². The van der Waals surface area contributed by atoms with Crippen molar-refractivity contribution in [2.24, 2.45) is 4.99 Å². The molecular formula is C7H9NO3. The summed E-state index contributed by atoms with van der Waals surface area (Å²) in [5.74, 6) is -0.467. The monoisotopic (exact) mass is 155 g/mol. The zero-order valence-corrected chi connectivity index (χ0v) is 6.08. The second-order valence-corrected chi connectivity index (χ2v) is 2.01. The van der Waals surface area contributed by atoms with E-state index in [9.17, 15) is 14.4 Å². The number of isocyanates is 1. The summed E-state index contributed by atoms with van der Waals surface area (Å²) < 4.78 is 0. The van der Waals surface area contributed by atoms with E-state index in [1.165, 1.54) is 0 Å². The van der Waals surface area contributed by atoms with Gasteiger partial charge in [0.15, 0.2) is 0 Å². The topological polar surface area (TPSA) is 63.6 Å². The normalized spacial score (nSPS) is 8.36. The zero-order chi connectivity index (χ0) is 8.53. The highest BCUT2D eigenvalue weighted by Crippen LogP contribution is 1.98. The van der Waals surface area contributed by atoms with Crippen LogP contribution in [0.3, 0.4) is 0 Å². The molecule has 4 nitrogen and oxygen atoms in total. The Labute approximate surface area is 64.3 Å². The highest BCUT2D eigenvalue weighted by molar-refractivity contribution is 5.81. The molecule has 0 aromatic carbocycles. The molecule has 0 radical (unpaired) electrons. The Hall–Kier alpha value is -1.28. The van der Waals surface area contributed by atoms with Gasteiger partial charge in [-0.15, -0.1) is 4.99 Å². The number of aldehydes is 1. The van der Waals surface area contributed by atoms with Crippen LogP contribution < -0.4 is 0 Å². The number of rotatable bonds is 5. The van der Waals surface area contributed by atoms with Crippen LogP contribution in [0.15, 0.2) is 4.99 Å². The van der Waals surface area contributed by atoms with Crippen molar-refractivity contribution in [2.75, 3.05) is 0 Å². The van der Waals surface area contributed by atoms with Crippen LogP contribution in [0.25, 0.3) is 0 Å². The number of carbonyl (C=O) groups excluding carboxylic acids is 3. The first kappa shape index (κ1) is 9.72. The van der Waals surface area contributed by atoms with Gasteiger partial charge in [0.1, 0.15) is 6.29 Å². The molecule has 60 valence electrons. The van der Waals surface area contributed by atoms with Gasteiger partial charge < -0.3 is 4.79 Å². The summed E-state index contributed by atoms with van der Waals surface area (Å²) in [6.45, 7) is 0. The number of amides is 1. The molecule has 4 heteroatoms. The third-order valence-electron chi connectivity index (χ3n) is 1.13. The number of unbranched alkanes of at least 4 members (excludes halogenated alkanes) is 2. The number of hydrogen-bond acceptors (Lipinski definition) is 3. The maximum absolute atomic E-state index is 10.5. The average Bonchev–Trinajstić information content (AvgIpc) is 1.99. The van der Waals surface area contributed by atoms with E-state index in [1.54, 1.807) is 0 Å². The van der Waals surface area contributed by atoms with Crippen LogP contribution in [-0.4, -0.2) is 18.3 Å². The van der Waals surface area contributed by atoms with Gasteiger partial charge in [-0.2, -0.15) is 0 Å². The molecule has 0 fully saturated rings. The fourth-order valence-electron chi connectivity index (χ4n) is 0.611. The molecule has 0 spiro atoms. The molecule has 0 atom stereocenters. The van der Waals surface area contributed by atoms with Gasteiger partial charge in [0.25, 0.3) is 5.91 Å². The number of carbonyl (C=O) groups is 2. The van der Waals surface area contributed by atoms with Crippen molar-refractivity contribution in [2.45, 2.75) is 25.7 Å². The number of hydrogen-bond donors (Lipinski definition) is 0. The first-order valence-electron chi connectivity index (χ1n) is 3.35. The third-order valence-corrected chi connectivity index (χ3v) is 1.13. The summed E-state index contributed by atoms with van der Waals surface area (Å²) in [5.41, 5.74) is 0. The molecule has 0 heterocycles. The van der Waals surface area contributed by atoms with Gasteiger partial charge >= 0.3 is 0 Å². The van der Waals surface area contributed by atoms with E-state index in [2.05, 4.69) is 4.99 Å². The third kappa shape index (κ3) is 6.61. The Bertz CT molecular complexity index is 182. The van der Waals surface area contributed by atoms with E-state index in [4.69, 9.17) is 0 Å². The first-order valence-corrected chi connectivity index (χ1v) is 3.35. The molecule has 0 saturated carbocycles. The van der Waals surface area contributed by atoms with Crippen molar-refractivity contribution in [3.05, 3.63) is 0 Å². The molecule has 0 aliphatic heterocycles. The quantitative estimate of drug-likeness (QED) is 0.253. The molecule has 0 aliphatic carbocycles. The molecular weight excluding hydrogens is 146 g/mol. The van der Waals surface area contributed by atoms with E-state index in [0.717, 1.165) is 12.4 Å². The Morgan fingerprint density at radius 2 is 2.18 bits per heavy atom. The van der Waals surface area contributed by atoms with Gasteiger partial charge in [-0.1, -0.05) is 0 Å². The van der Waals surface area contributed by atoms with E-state index in [0.29, 0.717) is 19.3 Å². The van der Waals surface area contributed by atoms with Crippen LogP contribution >= 0.6 is 0 Å². The van der Waals surface area contributed by atoms with Gasteiger partial charge in [0.2, 0.25) is 6.08 Å². The molecule has 11 heavy (non-hydrogen) atoms. The summed E-state index contributed by atoms with van der Waals surface area (Å²) in [7, 11) is 0. The summed E-state index contributed by atoms with van der Waals surface area (Å²) in [6.07, 6.45) is 3.92. The molecule has 0 bridgehead atoms. The molecule has 0 aliphatic rings. The lowest BCUT2D eigenvalue weighted by molar-refractivity contribution is -0.118. The van der Waals surface area contributed by atoms with E-state index in [-0.39, 0.29) is 6.42 Å². The minimum atomic E-state index is -0.467. The van der Waals surface area contributed by atoms with Crippen LogP contribution in [0.4, 0.5) is 0 Å². The largest absolute Gasteiger partial charge is 0.303 e. The first-order chi connectivity index (χ1) is 5.31. The van der Waals surface area contributed by atoms with E-state index in [1.807, 2.05) is 0 Å². The van der Waals surface area contributed by atoms with Gasteiger partial charge in [-0.25, -0.2) is 4.79 Å². The standard InChI is InChI=1S/C7H9NO3/c9-5-3-1-2-4-7(11)8-6-10/h5H,1-4H2. The van der Waals surface area contributed by atoms with Crippen molar-refractivity contribution in [3.8, 4) is 0 Å². The average molecular weight is 155 g/mol.